The number of hydrogen-bond donors (Lipinski definition) is 1. The Labute approximate surface area is 126 Å². The van der Waals surface area contributed by atoms with E-state index in [1.807, 2.05) is 0 Å². The van der Waals surface area contributed by atoms with E-state index in [0.29, 0.717) is 6.04 Å². The van der Waals surface area contributed by atoms with Crippen LogP contribution in [0, 0.1) is 0 Å². The molecule has 0 aromatic heterocycles. The third kappa shape index (κ3) is 4.39. The molecule has 0 amide bonds. The lowest BCUT2D eigenvalue weighted by molar-refractivity contribution is 0.515. The molecule has 20 heavy (non-hydrogen) atoms. The van der Waals surface area contributed by atoms with Gasteiger partial charge in [0.1, 0.15) is 0 Å². The molecule has 0 radical (unpaired) electrons. The second-order valence-corrected chi connectivity index (χ2v) is 5.79. The fourth-order valence-electron chi connectivity index (χ4n) is 2.42. The van der Waals surface area contributed by atoms with Crippen molar-refractivity contribution in [2.75, 3.05) is 12.8 Å². The van der Waals surface area contributed by atoms with Crippen LogP contribution in [0.2, 0.25) is 0 Å². The predicted octanol–water partition coefficient (Wildman–Crippen LogP) is 4.69. The molecule has 2 heteroatoms. The summed E-state index contributed by atoms with van der Waals surface area (Å²) in [5.74, 6) is 0. The Morgan fingerprint density at radius 1 is 1.00 bits per heavy atom. The van der Waals surface area contributed by atoms with Gasteiger partial charge in [0, 0.05) is 10.9 Å². The van der Waals surface area contributed by atoms with Gasteiger partial charge in [0.05, 0.1) is 0 Å². The molecule has 0 fully saturated rings. The van der Waals surface area contributed by atoms with Crippen molar-refractivity contribution in [3.8, 4) is 0 Å². The van der Waals surface area contributed by atoms with Gasteiger partial charge in [-0.05, 0) is 48.9 Å². The van der Waals surface area contributed by atoms with E-state index < -0.39 is 0 Å². The largest absolute Gasteiger partial charge is 0.310 e. The van der Waals surface area contributed by atoms with Gasteiger partial charge in [0.15, 0.2) is 0 Å². The van der Waals surface area contributed by atoms with Crippen LogP contribution in [0.1, 0.15) is 30.5 Å². The lowest BCUT2D eigenvalue weighted by Crippen LogP contribution is -2.21. The van der Waals surface area contributed by atoms with Crippen molar-refractivity contribution in [1.82, 2.24) is 5.32 Å². The molecule has 0 bridgehead atoms. The smallest absolute Gasteiger partial charge is 0.0323 e. The predicted molar refractivity (Wildman–Crippen MR) is 89.4 cm³/mol. The van der Waals surface area contributed by atoms with Crippen molar-refractivity contribution < 1.29 is 0 Å². The first-order valence-electron chi connectivity index (χ1n) is 7.24. The zero-order valence-electron chi connectivity index (χ0n) is 12.3. The monoisotopic (exact) mass is 285 g/mol. The molecule has 0 aliphatic rings. The quantitative estimate of drug-likeness (QED) is 0.741. The Bertz CT molecular complexity index is 493. The van der Waals surface area contributed by atoms with Crippen LogP contribution in [0.15, 0.2) is 59.5 Å². The van der Waals surface area contributed by atoms with Crippen LogP contribution in [0.5, 0.6) is 0 Å². The fraction of sp³-hybridized carbons (Fsp3) is 0.333. The van der Waals surface area contributed by atoms with Crippen molar-refractivity contribution in [3.05, 3.63) is 65.7 Å². The minimum absolute atomic E-state index is 0.441. The number of rotatable bonds is 7. The Balaban J connectivity index is 2.02. The van der Waals surface area contributed by atoms with Crippen molar-refractivity contribution in [3.63, 3.8) is 0 Å². The zero-order valence-corrected chi connectivity index (χ0v) is 13.1. The molecular formula is C18H23NS. The topological polar surface area (TPSA) is 12.0 Å². The lowest BCUT2D eigenvalue weighted by atomic mass is 9.99. The summed E-state index contributed by atoms with van der Waals surface area (Å²) < 4.78 is 0. The lowest BCUT2D eigenvalue weighted by Gasteiger charge is -2.18. The van der Waals surface area contributed by atoms with Gasteiger partial charge in [-0.1, -0.05) is 49.4 Å². The molecule has 1 N–H and O–H groups in total. The standard InChI is InChI=1S/C18H23NS/c1-3-19-18(14-9-15-7-5-4-6-8-15)16-10-12-17(20-2)13-11-16/h4-8,10-13,18-19H,3,9,14H2,1-2H3. The Morgan fingerprint density at radius 2 is 1.70 bits per heavy atom. The second-order valence-electron chi connectivity index (χ2n) is 4.91. The van der Waals surface area contributed by atoms with Crippen LogP contribution in [-0.4, -0.2) is 12.8 Å². The van der Waals surface area contributed by atoms with Crippen molar-refractivity contribution in [1.29, 1.82) is 0 Å². The second kappa shape index (κ2) is 8.13. The molecule has 1 nitrogen and oxygen atoms in total. The highest BCUT2D eigenvalue weighted by molar-refractivity contribution is 7.98. The van der Waals surface area contributed by atoms with E-state index in [9.17, 15) is 0 Å². The van der Waals surface area contributed by atoms with Gasteiger partial charge >= 0.3 is 0 Å². The molecule has 2 aromatic carbocycles. The van der Waals surface area contributed by atoms with Crippen molar-refractivity contribution >= 4 is 11.8 Å². The van der Waals surface area contributed by atoms with E-state index >= 15 is 0 Å². The zero-order chi connectivity index (χ0) is 14.2. The SMILES string of the molecule is CCNC(CCc1ccccc1)c1ccc(SC)cc1. The summed E-state index contributed by atoms with van der Waals surface area (Å²) in [6, 6.07) is 20.1. The molecule has 2 aromatic rings. The fourth-order valence-corrected chi connectivity index (χ4v) is 2.83. The van der Waals surface area contributed by atoms with E-state index in [1.165, 1.54) is 16.0 Å². The first-order valence-corrected chi connectivity index (χ1v) is 8.47. The molecular weight excluding hydrogens is 262 g/mol. The van der Waals surface area contributed by atoms with Gasteiger partial charge in [-0.25, -0.2) is 0 Å². The average Bonchev–Trinajstić information content (AvgIpc) is 2.52. The first kappa shape index (κ1) is 15.1. The summed E-state index contributed by atoms with van der Waals surface area (Å²) in [6.07, 6.45) is 4.37. The van der Waals surface area contributed by atoms with Gasteiger partial charge in [-0.15, -0.1) is 11.8 Å². The molecule has 0 aliphatic heterocycles. The Morgan fingerprint density at radius 3 is 2.30 bits per heavy atom. The number of nitrogens with one attached hydrogen (secondary N) is 1. The van der Waals surface area contributed by atoms with E-state index in [1.54, 1.807) is 11.8 Å². The summed E-state index contributed by atoms with van der Waals surface area (Å²) in [7, 11) is 0. The maximum atomic E-state index is 3.60. The molecule has 0 spiro atoms. The van der Waals surface area contributed by atoms with Crippen LogP contribution in [0.25, 0.3) is 0 Å². The molecule has 2 rings (SSSR count). The number of benzene rings is 2. The highest BCUT2D eigenvalue weighted by Crippen LogP contribution is 2.22. The van der Waals surface area contributed by atoms with Gasteiger partial charge in [0.25, 0.3) is 0 Å². The molecule has 0 aliphatic carbocycles. The number of hydrogen-bond acceptors (Lipinski definition) is 2. The van der Waals surface area contributed by atoms with Gasteiger partial charge in [0.2, 0.25) is 0 Å². The van der Waals surface area contributed by atoms with Gasteiger partial charge < -0.3 is 5.32 Å². The molecule has 0 saturated carbocycles. The van der Waals surface area contributed by atoms with Crippen LogP contribution in [0.3, 0.4) is 0 Å². The van der Waals surface area contributed by atoms with Crippen molar-refractivity contribution in [2.45, 2.75) is 30.7 Å². The molecule has 1 unspecified atom stereocenters. The minimum atomic E-state index is 0.441. The normalized spacial score (nSPS) is 12.3. The summed E-state index contributed by atoms with van der Waals surface area (Å²) in [5, 5.41) is 3.60. The van der Waals surface area contributed by atoms with Crippen LogP contribution >= 0.6 is 11.8 Å². The summed E-state index contributed by atoms with van der Waals surface area (Å²) in [5.41, 5.74) is 2.80. The van der Waals surface area contributed by atoms with Gasteiger partial charge in [-0.3, -0.25) is 0 Å². The third-order valence-corrected chi connectivity index (χ3v) is 4.28. The van der Waals surface area contributed by atoms with E-state index in [0.717, 1.165) is 19.4 Å². The van der Waals surface area contributed by atoms with Crippen LogP contribution < -0.4 is 5.32 Å². The molecule has 1 atom stereocenters. The van der Waals surface area contributed by atoms with E-state index in [2.05, 4.69) is 73.1 Å². The first-order chi connectivity index (χ1) is 9.83. The summed E-state index contributed by atoms with van der Waals surface area (Å²) in [6.45, 7) is 3.18. The summed E-state index contributed by atoms with van der Waals surface area (Å²) >= 11 is 1.79. The van der Waals surface area contributed by atoms with E-state index in [4.69, 9.17) is 0 Å². The molecule has 0 heterocycles. The molecule has 106 valence electrons. The maximum absolute atomic E-state index is 3.60. The Kier molecular flexibility index (Phi) is 6.16. The van der Waals surface area contributed by atoms with Crippen LogP contribution in [0.4, 0.5) is 0 Å². The Hall–Kier alpha value is -1.25. The van der Waals surface area contributed by atoms with Gasteiger partial charge in [-0.2, -0.15) is 0 Å². The average molecular weight is 285 g/mol. The maximum Gasteiger partial charge on any atom is 0.0323 e. The van der Waals surface area contributed by atoms with Crippen LogP contribution in [-0.2, 0) is 6.42 Å². The third-order valence-electron chi connectivity index (χ3n) is 3.53. The summed E-state index contributed by atoms with van der Waals surface area (Å²) in [4.78, 5) is 1.33. The highest BCUT2D eigenvalue weighted by atomic mass is 32.2. The minimum Gasteiger partial charge on any atom is -0.310 e. The highest BCUT2D eigenvalue weighted by Gasteiger charge is 2.10. The number of aryl methyl sites for hydroxylation is 1. The van der Waals surface area contributed by atoms with Crippen molar-refractivity contribution in [2.24, 2.45) is 0 Å². The molecule has 0 saturated heterocycles. The van der Waals surface area contributed by atoms with E-state index in [-0.39, 0.29) is 0 Å². The number of thioether (sulfide) groups is 1.